The second-order valence-electron chi connectivity index (χ2n) is 8.26. The van der Waals surface area contributed by atoms with Gasteiger partial charge in [0.1, 0.15) is 11.3 Å². The lowest BCUT2D eigenvalue weighted by molar-refractivity contribution is 0.0696. The van der Waals surface area contributed by atoms with Gasteiger partial charge in [-0.2, -0.15) is 0 Å². The Morgan fingerprint density at radius 2 is 1.85 bits per heavy atom. The lowest BCUT2D eigenvalue weighted by Crippen LogP contribution is -2.15. The van der Waals surface area contributed by atoms with Gasteiger partial charge in [-0.25, -0.2) is 4.79 Å². The van der Waals surface area contributed by atoms with Crippen molar-refractivity contribution in [1.82, 2.24) is 0 Å². The Balaban J connectivity index is 0.000000204. The Bertz CT molecular complexity index is 1080. The molecule has 34 heavy (non-hydrogen) atoms. The van der Waals surface area contributed by atoms with E-state index < -0.39 is 5.97 Å². The van der Waals surface area contributed by atoms with Gasteiger partial charge in [-0.05, 0) is 84.4 Å². The number of rotatable bonds is 9. The van der Waals surface area contributed by atoms with Gasteiger partial charge >= 0.3 is 5.97 Å². The van der Waals surface area contributed by atoms with Crippen molar-refractivity contribution in [1.29, 1.82) is 0 Å². The standard InChI is InChI=1S/C16H17NO2S.C11H15NO2/c1-17-15-14(16(18)19)13(9-20-15)12-7-6-10-4-2-3-5-11(10)8-12;13-8-2-1-7-12-11-5-3-10(9-14)4-6-11/h2-5,9,12,17H,6-8H2,1H3,(H,18,19);3-6,9,12-13H,1-2,7-8H2. The molecule has 0 aliphatic heterocycles. The Kier molecular flexibility index (Phi) is 9.67. The van der Waals surface area contributed by atoms with E-state index in [9.17, 15) is 14.7 Å². The van der Waals surface area contributed by atoms with Crippen molar-refractivity contribution in [2.24, 2.45) is 0 Å². The number of carboxylic acid groups (broad SMARTS) is 1. The number of thiophene rings is 1. The minimum absolute atomic E-state index is 0.242. The highest BCUT2D eigenvalue weighted by Gasteiger charge is 2.27. The molecule has 0 spiro atoms. The molecule has 180 valence electrons. The van der Waals surface area contributed by atoms with E-state index in [1.54, 1.807) is 19.2 Å². The van der Waals surface area contributed by atoms with Crippen molar-refractivity contribution in [3.8, 4) is 0 Å². The van der Waals surface area contributed by atoms with Gasteiger partial charge in [0.05, 0.1) is 5.56 Å². The second kappa shape index (κ2) is 12.9. The number of aryl methyl sites for hydroxylation is 1. The highest BCUT2D eigenvalue weighted by atomic mass is 32.1. The molecule has 1 unspecified atom stereocenters. The fourth-order valence-electron chi connectivity index (χ4n) is 4.19. The lowest BCUT2D eigenvalue weighted by atomic mass is 9.80. The summed E-state index contributed by atoms with van der Waals surface area (Å²) in [4.78, 5) is 21.9. The molecule has 2 aromatic carbocycles. The number of carbonyl (C=O) groups is 2. The zero-order valence-corrected chi connectivity index (χ0v) is 20.2. The van der Waals surface area contributed by atoms with Crippen molar-refractivity contribution < 1.29 is 19.8 Å². The molecule has 4 N–H and O–H groups in total. The van der Waals surface area contributed by atoms with Crippen LogP contribution in [0.2, 0.25) is 0 Å². The molecule has 1 heterocycles. The molecule has 1 aliphatic rings. The first kappa shape index (κ1) is 25.5. The molecule has 0 bridgehead atoms. The van der Waals surface area contributed by atoms with Gasteiger partial charge in [0.15, 0.2) is 0 Å². The van der Waals surface area contributed by atoms with E-state index >= 15 is 0 Å². The maximum absolute atomic E-state index is 11.5. The molecular formula is C27H32N2O4S. The molecule has 1 aliphatic carbocycles. The molecule has 0 saturated carbocycles. The number of aliphatic hydroxyl groups is 1. The maximum Gasteiger partial charge on any atom is 0.338 e. The molecule has 7 heteroatoms. The van der Waals surface area contributed by atoms with Crippen LogP contribution in [0.1, 0.15) is 62.6 Å². The van der Waals surface area contributed by atoms with Gasteiger partial charge in [0, 0.05) is 31.5 Å². The van der Waals surface area contributed by atoms with Crippen LogP contribution in [0, 0.1) is 0 Å². The van der Waals surface area contributed by atoms with E-state index in [0.29, 0.717) is 17.0 Å². The number of benzene rings is 2. The van der Waals surface area contributed by atoms with Crippen LogP contribution in [-0.2, 0) is 12.8 Å². The molecular weight excluding hydrogens is 448 g/mol. The minimum atomic E-state index is -0.829. The topological polar surface area (TPSA) is 98.7 Å². The van der Waals surface area contributed by atoms with Crippen LogP contribution >= 0.6 is 11.3 Å². The molecule has 0 amide bonds. The van der Waals surface area contributed by atoms with Gasteiger partial charge in [-0.3, -0.25) is 4.79 Å². The average Bonchev–Trinajstić information content (AvgIpc) is 3.32. The van der Waals surface area contributed by atoms with Crippen LogP contribution in [-0.4, -0.2) is 42.7 Å². The van der Waals surface area contributed by atoms with Crippen molar-refractivity contribution in [3.05, 3.63) is 81.7 Å². The SMILES string of the molecule is CNc1scc(C2CCc3ccccc3C2)c1C(=O)O.O=Cc1ccc(NCCCCO)cc1. The number of carboxylic acids is 1. The third-order valence-corrected chi connectivity index (χ3v) is 7.02. The molecule has 3 aromatic rings. The van der Waals surface area contributed by atoms with E-state index in [0.717, 1.165) is 61.2 Å². The molecule has 0 saturated heterocycles. The number of unbranched alkanes of at least 4 members (excludes halogenated alkanes) is 1. The first-order valence-corrected chi connectivity index (χ1v) is 12.4. The van der Waals surface area contributed by atoms with Crippen LogP contribution < -0.4 is 10.6 Å². The fraction of sp³-hybridized carbons (Fsp3) is 0.333. The first-order chi connectivity index (χ1) is 16.6. The van der Waals surface area contributed by atoms with Gasteiger partial charge < -0.3 is 20.8 Å². The third-order valence-electron chi connectivity index (χ3n) is 6.01. The Labute approximate surface area is 204 Å². The number of aldehydes is 1. The smallest absolute Gasteiger partial charge is 0.338 e. The van der Waals surface area contributed by atoms with Gasteiger partial charge in [0.2, 0.25) is 0 Å². The monoisotopic (exact) mass is 480 g/mol. The van der Waals surface area contributed by atoms with Crippen molar-refractivity contribution in [2.45, 2.75) is 38.0 Å². The third kappa shape index (κ3) is 6.68. The number of hydrogen-bond acceptors (Lipinski definition) is 6. The molecule has 0 radical (unpaired) electrons. The summed E-state index contributed by atoms with van der Waals surface area (Å²) in [5, 5.41) is 27.0. The van der Waals surface area contributed by atoms with E-state index in [2.05, 4.69) is 34.9 Å². The Morgan fingerprint density at radius 1 is 1.12 bits per heavy atom. The van der Waals surface area contributed by atoms with Crippen LogP contribution in [0.4, 0.5) is 10.7 Å². The number of nitrogens with one attached hydrogen (secondary N) is 2. The lowest BCUT2D eigenvalue weighted by Gasteiger charge is -2.24. The predicted octanol–water partition coefficient (Wildman–Crippen LogP) is 5.44. The summed E-state index contributed by atoms with van der Waals surface area (Å²) in [5.74, 6) is -0.515. The molecule has 1 aromatic heterocycles. The summed E-state index contributed by atoms with van der Waals surface area (Å²) in [6.07, 6.45) is 5.60. The molecule has 6 nitrogen and oxygen atoms in total. The number of fused-ring (bicyclic) bond motifs is 1. The van der Waals surface area contributed by atoms with E-state index in [-0.39, 0.29) is 6.61 Å². The Hall–Kier alpha value is -3.16. The van der Waals surface area contributed by atoms with Crippen LogP contribution in [0.5, 0.6) is 0 Å². The zero-order chi connectivity index (χ0) is 24.3. The predicted molar refractivity (Wildman–Crippen MR) is 139 cm³/mol. The molecule has 1 atom stereocenters. The maximum atomic E-state index is 11.5. The Morgan fingerprint density at radius 3 is 2.50 bits per heavy atom. The fourth-order valence-corrected chi connectivity index (χ4v) is 5.18. The van der Waals surface area contributed by atoms with E-state index in [1.165, 1.54) is 22.5 Å². The number of carbonyl (C=O) groups excluding carboxylic acids is 1. The summed E-state index contributed by atoms with van der Waals surface area (Å²) in [7, 11) is 1.78. The first-order valence-electron chi connectivity index (χ1n) is 11.6. The van der Waals surface area contributed by atoms with Crippen LogP contribution in [0.3, 0.4) is 0 Å². The number of aromatic carboxylic acids is 1. The van der Waals surface area contributed by atoms with E-state index in [4.69, 9.17) is 5.11 Å². The molecule has 0 fully saturated rings. The van der Waals surface area contributed by atoms with Crippen molar-refractivity contribution in [2.75, 3.05) is 30.8 Å². The number of aliphatic hydroxyl groups excluding tert-OH is 1. The second-order valence-corrected chi connectivity index (χ2v) is 9.14. The highest BCUT2D eigenvalue weighted by Crippen LogP contribution is 2.39. The van der Waals surface area contributed by atoms with Gasteiger partial charge in [0.25, 0.3) is 0 Å². The summed E-state index contributed by atoms with van der Waals surface area (Å²) >= 11 is 1.49. The van der Waals surface area contributed by atoms with E-state index in [1.807, 2.05) is 17.5 Å². The summed E-state index contributed by atoms with van der Waals surface area (Å²) < 4.78 is 0. The number of hydrogen-bond donors (Lipinski definition) is 4. The van der Waals surface area contributed by atoms with Crippen molar-refractivity contribution >= 4 is 34.3 Å². The average molecular weight is 481 g/mol. The normalized spacial score (nSPS) is 14.4. The van der Waals surface area contributed by atoms with Gasteiger partial charge in [-0.15, -0.1) is 11.3 Å². The minimum Gasteiger partial charge on any atom is -0.478 e. The summed E-state index contributed by atoms with van der Waals surface area (Å²) in [6.45, 7) is 1.09. The summed E-state index contributed by atoms with van der Waals surface area (Å²) in [5.41, 5.74) is 5.91. The molecule has 4 rings (SSSR count). The number of anilines is 2. The highest BCUT2D eigenvalue weighted by molar-refractivity contribution is 7.14. The largest absolute Gasteiger partial charge is 0.478 e. The quantitative estimate of drug-likeness (QED) is 0.240. The van der Waals surface area contributed by atoms with Crippen LogP contribution in [0.25, 0.3) is 0 Å². The zero-order valence-electron chi connectivity index (χ0n) is 19.4. The van der Waals surface area contributed by atoms with Crippen LogP contribution in [0.15, 0.2) is 53.9 Å². The van der Waals surface area contributed by atoms with Crippen molar-refractivity contribution in [3.63, 3.8) is 0 Å². The summed E-state index contributed by atoms with van der Waals surface area (Å²) in [6, 6.07) is 15.8. The van der Waals surface area contributed by atoms with Gasteiger partial charge in [-0.1, -0.05) is 24.3 Å².